The second-order valence-corrected chi connectivity index (χ2v) is 3.19. The molecule has 1 N–H and O–H groups in total. The summed E-state index contributed by atoms with van der Waals surface area (Å²) in [6, 6.07) is 0.490. The average molecular weight is 144 g/mol. The van der Waals surface area contributed by atoms with Crippen LogP contribution in [0.3, 0.4) is 0 Å². The lowest BCUT2D eigenvalue weighted by atomic mass is 10.2. The molecule has 0 radical (unpaired) electrons. The molecule has 2 aliphatic heterocycles. The normalized spacial score (nSPS) is 41.7. The third-order valence-corrected chi connectivity index (χ3v) is 2.43. The van der Waals surface area contributed by atoms with Gasteiger partial charge >= 0.3 is 0 Å². The predicted octanol–water partition coefficient (Wildman–Crippen LogP) is 0.00200. The van der Waals surface area contributed by atoms with Crippen molar-refractivity contribution >= 4 is 0 Å². The van der Waals surface area contributed by atoms with E-state index in [9.17, 15) is 4.39 Å². The molecule has 0 aliphatic carbocycles. The molecular weight excluding hydrogens is 131 g/mol. The van der Waals surface area contributed by atoms with E-state index in [1.807, 2.05) is 0 Å². The number of nitrogens with zero attached hydrogens (tertiary/aromatic N) is 1. The highest BCUT2D eigenvalue weighted by molar-refractivity contribution is 4.89. The largest absolute Gasteiger partial charge is 0.314 e. The molecule has 2 unspecified atom stereocenters. The molecule has 0 spiro atoms. The Hall–Kier alpha value is -0.150. The SMILES string of the molecule is FC1CC2CNCCN2C1. The first-order valence-electron chi connectivity index (χ1n) is 3.95. The van der Waals surface area contributed by atoms with Gasteiger partial charge in [-0.15, -0.1) is 0 Å². The zero-order chi connectivity index (χ0) is 6.97. The van der Waals surface area contributed by atoms with Gasteiger partial charge in [-0.3, -0.25) is 4.90 Å². The molecule has 0 aromatic carbocycles. The van der Waals surface area contributed by atoms with Crippen molar-refractivity contribution < 1.29 is 4.39 Å². The van der Waals surface area contributed by atoms with Gasteiger partial charge in [-0.05, 0) is 6.42 Å². The number of hydrogen-bond acceptors (Lipinski definition) is 2. The second kappa shape index (κ2) is 2.47. The summed E-state index contributed by atoms with van der Waals surface area (Å²) in [4.78, 5) is 2.25. The van der Waals surface area contributed by atoms with E-state index in [2.05, 4.69) is 10.2 Å². The van der Waals surface area contributed by atoms with Crippen molar-refractivity contribution in [2.24, 2.45) is 0 Å². The van der Waals surface area contributed by atoms with E-state index in [1.165, 1.54) is 0 Å². The first-order valence-corrected chi connectivity index (χ1v) is 3.95. The van der Waals surface area contributed by atoms with Crippen LogP contribution in [0.5, 0.6) is 0 Å². The molecule has 58 valence electrons. The van der Waals surface area contributed by atoms with Crippen molar-refractivity contribution in [2.45, 2.75) is 18.6 Å². The zero-order valence-corrected chi connectivity index (χ0v) is 6.02. The van der Waals surface area contributed by atoms with Gasteiger partial charge in [0.1, 0.15) is 6.17 Å². The van der Waals surface area contributed by atoms with Gasteiger partial charge < -0.3 is 5.32 Å². The quantitative estimate of drug-likeness (QED) is 0.515. The fraction of sp³-hybridized carbons (Fsp3) is 1.00. The molecule has 2 saturated heterocycles. The van der Waals surface area contributed by atoms with Crippen molar-refractivity contribution in [2.75, 3.05) is 26.2 Å². The highest BCUT2D eigenvalue weighted by Crippen LogP contribution is 2.20. The topological polar surface area (TPSA) is 15.3 Å². The molecule has 0 amide bonds. The van der Waals surface area contributed by atoms with Crippen LogP contribution in [0.4, 0.5) is 4.39 Å². The Morgan fingerprint density at radius 2 is 2.40 bits per heavy atom. The highest BCUT2D eigenvalue weighted by atomic mass is 19.1. The molecule has 0 bridgehead atoms. The van der Waals surface area contributed by atoms with Crippen LogP contribution in [0.1, 0.15) is 6.42 Å². The number of halogens is 1. The summed E-state index contributed by atoms with van der Waals surface area (Å²) in [5, 5.41) is 3.27. The standard InChI is InChI=1S/C7H13FN2/c8-6-3-7-4-9-1-2-10(7)5-6/h6-7,9H,1-5H2. The summed E-state index contributed by atoms with van der Waals surface area (Å²) in [5.74, 6) is 0. The molecule has 10 heavy (non-hydrogen) atoms. The zero-order valence-electron chi connectivity index (χ0n) is 6.02. The summed E-state index contributed by atoms with van der Waals surface area (Å²) in [5.41, 5.74) is 0. The van der Waals surface area contributed by atoms with Crippen LogP contribution in [-0.4, -0.2) is 43.3 Å². The van der Waals surface area contributed by atoms with Gasteiger partial charge in [0.2, 0.25) is 0 Å². The lowest BCUT2D eigenvalue weighted by Crippen LogP contribution is -2.47. The van der Waals surface area contributed by atoms with E-state index < -0.39 is 6.17 Å². The number of alkyl halides is 1. The first-order chi connectivity index (χ1) is 4.86. The molecule has 2 rings (SSSR count). The van der Waals surface area contributed by atoms with Gasteiger partial charge in [0.05, 0.1) is 0 Å². The summed E-state index contributed by atoms with van der Waals surface area (Å²) in [6.45, 7) is 3.72. The van der Waals surface area contributed by atoms with E-state index >= 15 is 0 Å². The maximum Gasteiger partial charge on any atom is 0.114 e. The Balaban J connectivity index is 1.97. The molecule has 2 nitrogen and oxygen atoms in total. The van der Waals surface area contributed by atoms with Crippen molar-refractivity contribution in [3.63, 3.8) is 0 Å². The van der Waals surface area contributed by atoms with Gasteiger partial charge in [0.15, 0.2) is 0 Å². The second-order valence-electron chi connectivity index (χ2n) is 3.19. The van der Waals surface area contributed by atoms with E-state index in [1.54, 1.807) is 0 Å². The minimum Gasteiger partial charge on any atom is -0.314 e. The Morgan fingerprint density at radius 1 is 1.50 bits per heavy atom. The molecule has 2 atom stereocenters. The van der Waals surface area contributed by atoms with Crippen LogP contribution in [0, 0.1) is 0 Å². The van der Waals surface area contributed by atoms with Crippen LogP contribution < -0.4 is 5.32 Å². The van der Waals surface area contributed by atoms with E-state index in [0.717, 1.165) is 26.1 Å². The third-order valence-electron chi connectivity index (χ3n) is 2.43. The first kappa shape index (κ1) is 6.55. The number of fused-ring (bicyclic) bond motifs is 1. The van der Waals surface area contributed by atoms with Crippen LogP contribution in [0.15, 0.2) is 0 Å². The molecule has 2 fully saturated rings. The smallest absolute Gasteiger partial charge is 0.114 e. The minimum atomic E-state index is -0.565. The number of rotatable bonds is 0. The van der Waals surface area contributed by atoms with Crippen molar-refractivity contribution in [3.05, 3.63) is 0 Å². The minimum absolute atomic E-state index is 0.490. The third kappa shape index (κ3) is 1.04. The Kier molecular flexibility index (Phi) is 1.62. The highest BCUT2D eigenvalue weighted by Gasteiger charge is 2.32. The van der Waals surface area contributed by atoms with Gasteiger partial charge in [0.25, 0.3) is 0 Å². The molecule has 0 aromatic heterocycles. The fourth-order valence-electron chi connectivity index (χ4n) is 1.90. The predicted molar refractivity (Wildman–Crippen MR) is 37.7 cm³/mol. The molecule has 2 heterocycles. The fourth-order valence-corrected chi connectivity index (χ4v) is 1.90. The molecule has 0 aromatic rings. The van der Waals surface area contributed by atoms with Gasteiger partial charge in [-0.2, -0.15) is 0 Å². The van der Waals surface area contributed by atoms with E-state index in [-0.39, 0.29) is 0 Å². The summed E-state index contributed by atoms with van der Waals surface area (Å²) in [7, 11) is 0. The molecule has 2 aliphatic rings. The van der Waals surface area contributed by atoms with Crippen LogP contribution in [0.2, 0.25) is 0 Å². The molecule has 3 heteroatoms. The van der Waals surface area contributed by atoms with Gasteiger partial charge in [-0.1, -0.05) is 0 Å². The Labute approximate surface area is 60.4 Å². The molecular formula is C7H13FN2. The van der Waals surface area contributed by atoms with Crippen molar-refractivity contribution in [1.82, 2.24) is 10.2 Å². The van der Waals surface area contributed by atoms with Crippen molar-refractivity contribution in [3.8, 4) is 0 Å². The average Bonchev–Trinajstić information content (AvgIpc) is 2.27. The Morgan fingerprint density at radius 3 is 3.20 bits per heavy atom. The van der Waals surface area contributed by atoms with E-state index in [0.29, 0.717) is 12.6 Å². The van der Waals surface area contributed by atoms with Crippen LogP contribution in [-0.2, 0) is 0 Å². The summed E-state index contributed by atoms with van der Waals surface area (Å²) >= 11 is 0. The van der Waals surface area contributed by atoms with Crippen LogP contribution in [0.25, 0.3) is 0 Å². The Bertz CT molecular complexity index is 115. The summed E-state index contributed by atoms with van der Waals surface area (Å²) in [6.07, 6.45) is 0.178. The van der Waals surface area contributed by atoms with Gasteiger partial charge in [0, 0.05) is 32.2 Å². The van der Waals surface area contributed by atoms with E-state index in [4.69, 9.17) is 0 Å². The van der Waals surface area contributed by atoms with Gasteiger partial charge in [-0.25, -0.2) is 4.39 Å². The van der Waals surface area contributed by atoms with Crippen LogP contribution >= 0.6 is 0 Å². The summed E-state index contributed by atoms with van der Waals surface area (Å²) < 4.78 is 12.8. The lowest BCUT2D eigenvalue weighted by molar-refractivity contribution is 0.207. The maximum atomic E-state index is 12.8. The maximum absolute atomic E-state index is 12.8. The lowest BCUT2D eigenvalue weighted by Gasteiger charge is -2.29. The monoisotopic (exact) mass is 144 g/mol. The number of nitrogens with one attached hydrogen (secondary N) is 1. The number of hydrogen-bond donors (Lipinski definition) is 1. The molecule has 0 saturated carbocycles. The number of piperazine rings is 1. The van der Waals surface area contributed by atoms with Crippen molar-refractivity contribution in [1.29, 1.82) is 0 Å².